The van der Waals surface area contributed by atoms with Gasteiger partial charge in [-0.3, -0.25) is 9.69 Å². The summed E-state index contributed by atoms with van der Waals surface area (Å²) in [5, 5.41) is 8.79. The minimum atomic E-state index is -0.191. The average Bonchev–Trinajstić information content (AvgIpc) is 3.11. The molecular formula is C21H20FN5O. The lowest BCUT2D eigenvalue weighted by molar-refractivity contribution is 0.0627. The lowest BCUT2D eigenvalue weighted by Crippen LogP contribution is -2.48. The van der Waals surface area contributed by atoms with Crippen molar-refractivity contribution in [1.29, 1.82) is 5.26 Å². The smallest absolute Gasteiger partial charge is 0.254 e. The number of imidazole rings is 1. The first-order valence-electron chi connectivity index (χ1n) is 9.24. The first kappa shape index (κ1) is 18.1. The highest BCUT2D eigenvalue weighted by atomic mass is 19.1. The van der Waals surface area contributed by atoms with Gasteiger partial charge in [0.1, 0.15) is 11.6 Å². The van der Waals surface area contributed by atoms with Gasteiger partial charge in [-0.15, -0.1) is 0 Å². The second-order valence-corrected chi connectivity index (χ2v) is 6.91. The molecule has 0 saturated carbocycles. The van der Waals surface area contributed by atoms with Gasteiger partial charge in [0, 0.05) is 43.9 Å². The molecule has 7 heteroatoms. The molecule has 28 heavy (non-hydrogen) atoms. The van der Waals surface area contributed by atoms with Crippen molar-refractivity contribution in [3.63, 3.8) is 0 Å². The van der Waals surface area contributed by atoms with Gasteiger partial charge in [-0.05, 0) is 24.3 Å². The fourth-order valence-corrected chi connectivity index (χ4v) is 3.51. The molecule has 1 fully saturated rings. The molecule has 1 aliphatic rings. The van der Waals surface area contributed by atoms with Crippen molar-refractivity contribution in [3.05, 3.63) is 65.2 Å². The normalized spacial score (nSPS) is 14.9. The Hall–Kier alpha value is -3.24. The van der Waals surface area contributed by atoms with Crippen LogP contribution in [0.5, 0.6) is 0 Å². The highest BCUT2D eigenvalue weighted by Crippen LogP contribution is 2.17. The Morgan fingerprint density at radius 2 is 1.96 bits per heavy atom. The summed E-state index contributed by atoms with van der Waals surface area (Å²) in [5.41, 5.74) is 2.77. The summed E-state index contributed by atoms with van der Waals surface area (Å²) in [4.78, 5) is 24.3. The average molecular weight is 377 g/mol. The van der Waals surface area contributed by atoms with Gasteiger partial charge in [-0.2, -0.15) is 5.26 Å². The molecule has 6 nitrogen and oxygen atoms in total. The van der Waals surface area contributed by atoms with Gasteiger partial charge in [0.2, 0.25) is 0 Å². The zero-order valence-corrected chi connectivity index (χ0v) is 15.4. The summed E-state index contributed by atoms with van der Waals surface area (Å²) in [6.07, 6.45) is 0.210. The van der Waals surface area contributed by atoms with Gasteiger partial charge in [-0.1, -0.05) is 18.2 Å². The number of nitrogens with one attached hydrogen (secondary N) is 1. The summed E-state index contributed by atoms with van der Waals surface area (Å²) in [6, 6.07) is 14.2. The minimum Gasteiger partial charge on any atom is -0.341 e. The van der Waals surface area contributed by atoms with Crippen LogP contribution >= 0.6 is 0 Å². The Labute approximate surface area is 162 Å². The third kappa shape index (κ3) is 3.73. The van der Waals surface area contributed by atoms with Crippen molar-refractivity contribution in [2.45, 2.75) is 13.0 Å². The number of nitriles is 1. The number of nitrogens with zero attached hydrogens (tertiary/aromatic N) is 4. The zero-order valence-electron chi connectivity index (χ0n) is 15.4. The number of hydrogen-bond donors (Lipinski definition) is 1. The number of carbonyl (C=O) groups excluding carboxylic acids is 1. The monoisotopic (exact) mass is 377 g/mol. The second kappa shape index (κ2) is 7.79. The molecule has 3 aromatic rings. The number of hydrogen-bond acceptors (Lipinski definition) is 4. The lowest BCUT2D eigenvalue weighted by Gasteiger charge is -2.34. The first-order chi connectivity index (χ1) is 13.6. The maximum absolute atomic E-state index is 13.8. The second-order valence-electron chi connectivity index (χ2n) is 6.91. The molecular weight excluding hydrogens is 357 g/mol. The third-order valence-corrected chi connectivity index (χ3v) is 5.04. The van der Waals surface area contributed by atoms with Crippen LogP contribution in [0, 0.1) is 17.1 Å². The van der Waals surface area contributed by atoms with Gasteiger partial charge in [0.15, 0.2) is 0 Å². The fraction of sp³-hybridized carbons (Fsp3) is 0.286. The number of H-pyrrole nitrogens is 1. The quantitative estimate of drug-likeness (QED) is 0.759. The number of aromatic nitrogens is 2. The van der Waals surface area contributed by atoms with E-state index in [0.717, 1.165) is 5.52 Å². The molecule has 2 heterocycles. The molecule has 0 aliphatic carbocycles. The molecule has 1 amide bonds. The van der Waals surface area contributed by atoms with E-state index in [0.29, 0.717) is 55.2 Å². The number of piperazine rings is 1. The molecule has 0 spiro atoms. The Balaban J connectivity index is 1.40. The number of halogens is 1. The highest BCUT2D eigenvalue weighted by molar-refractivity contribution is 5.97. The Morgan fingerprint density at radius 3 is 2.71 bits per heavy atom. The van der Waals surface area contributed by atoms with Gasteiger partial charge in [0.25, 0.3) is 5.91 Å². The van der Waals surface area contributed by atoms with Gasteiger partial charge >= 0.3 is 0 Å². The van der Waals surface area contributed by atoms with Crippen molar-refractivity contribution in [3.8, 4) is 6.07 Å². The maximum atomic E-state index is 13.8. The number of amides is 1. The van der Waals surface area contributed by atoms with Crippen LogP contribution in [0.2, 0.25) is 0 Å². The predicted octanol–water partition coefficient (Wildman–Crippen LogP) is 2.73. The Kier molecular flexibility index (Phi) is 5.04. The SMILES string of the molecule is N#CCc1nc2cc(C(=O)N3CCN(Cc4ccccc4F)CC3)ccc2[nH]1. The van der Waals surface area contributed by atoms with Gasteiger partial charge < -0.3 is 9.88 Å². The third-order valence-electron chi connectivity index (χ3n) is 5.04. The van der Waals surface area contributed by atoms with Crippen LogP contribution in [0.1, 0.15) is 21.7 Å². The van der Waals surface area contributed by atoms with Crippen LogP contribution < -0.4 is 0 Å². The van der Waals surface area contributed by atoms with E-state index in [1.807, 2.05) is 17.0 Å². The summed E-state index contributed by atoms with van der Waals surface area (Å²) < 4.78 is 13.8. The van der Waals surface area contributed by atoms with Crippen molar-refractivity contribution in [2.24, 2.45) is 0 Å². The van der Waals surface area contributed by atoms with Gasteiger partial charge in [0.05, 0.1) is 23.5 Å². The molecule has 1 aromatic heterocycles. The molecule has 1 aliphatic heterocycles. The Bertz CT molecular complexity index is 1050. The standard InChI is InChI=1S/C21H20FN5O/c22-17-4-2-1-3-16(17)14-26-9-11-27(12-10-26)21(28)15-5-6-18-19(13-15)25-20(24-18)7-8-23/h1-6,13H,7,9-12,14H2,(H,24,25). The van der Waals surface area contributed by atoms with E-state index in [1.165, 1.54) is 6.07 Å². The number of aromatic amines is 1. The van der Waals surface area contributed by atoms with Crippen LogP contribution in [0.15, 0.2) is 42.5 Å². The van der Waals surface area contributed by atoms with Crippen molar-refractivity contribution in [1.82, 2.24) is 19.8 Å². The lowest BCUT2D eigenvalue weighted by atomic mass is 10.1. The number of carbonyl (C=O) groups is 1. The van der Waals surface area contributed by atoms with Crippen LogP contribution in [-0.2, 0) is 13.0 Å². The molecule has 0 atom stereocenters. The molecule has 2 aromatic carbocycles. The molecule has 1 N–H and O–H groups in total. The van der Waals surface area contributed by atoms with Crippen LogP contribution in [0.4, 0.5) is 4.39 Å². The summed E-state index contributed by atoms with van der Waals surface area (Å²) in [5.74, 6) is 0.380. The van der Waals surface area contributed by atoms with E-state index >= 15 is 0 Å². The topological polar surface area (TPSA) is 76.0 Å². The molecule has 1 saturated heterocycles. The fourth-order valence-electron chi connectivity index (χ4n) is 3.51. The van der Waals surface area contributed by atoms with E-state index in [2.05, 4.69) is 20.9 Å². The highest BCUT2D eigenvalue weighted by Gasteiger charge is 2.23. The van der Waals surface area contributed by atoms with E-state index < -0.39 is 0 Å². The van der Waals surface area contributed by atoms with Crippen LogP contribution in [0.25, 0.3) is 11.0 Å². The number of benzene rings is 2. The van der Waals surface area contributed by atoms with Gasteiger partial charge in [-0.25, -0.2) is 9.37 Å². The van der Waals surface area contributed by atoms with Crippen molar-refractivity contribution >= 4 is 16.9 Å². The Morgan fingerprint density at radius 1 is 1.18 bits per heavy atom. The van der Waals surface area contributed by atoms with Crippen LogP contribution in [-0.4, -0.2) is 51.9 Å². The number of fused-ring (bicyclic) bond motifs is 1. The first-order valence-corrected chi connectivity index (χ1v) is 9.24. The largest absolute Gasteiger partial charge is 0.341 e. The molecule has 0 bridgehead atoms. The van der Waals surface area contributed by atoms with E-state index in [9.17, 15) is 9.18 Å². The minimum absolute atomic E-state index is 0.0303. The van der Waals surface area contributed by atoms with Crippen molar-refractivity contribution in [2.75, 3.05) is 26.2 Å². The number of rotatable bonds is 4. The molecule has 0 unspecified atom stereocenters. The molecule has 4 rings (SSSR count). The maximum Gasteiger partial charge on any atom is 0.254 e. The predicted molar refractivity (Wildman–Crippen MR) is 103 cm³/mol. The van der Waals surface area contributed by atoms with E-state index in [1.54, 1.807) is 24.3 Å². The summed E-state index contributed by atoms with van der Waals surface area (Å²) in [6.45, 7) is 3.17. The summed E-state index contributed by atoms with van der Waals surface area (Å²) >= 11 is 0. The molecule has 0 radical (unpaired) electrons. The molecule has 142 valence electrons. The van der Waals surface area contributed by atoms with Crippen molar-refractivity contribution < 1.29 is 9.18 Å². The van der Waals surface area contributed by atoms with E-state index in [4.69, 9.17) is 5.26 Å². The zero-order chi connectivity index (χ0) is 19.5. The van der Waals surface area contributed by atoms with Crippen LogP contribution in [0.3, 0.4) is 0 Å². The van der Waals surface area contributed by atoms with E-state index in [-0.39, 0.29) is 18.1 Å². The summed E-state index contributed by atoms with van der Waals surface area (Å²) in [7, 11) is 0.